The first-order chi connectivity index (χ1) is 8.63. The fourth-order valence-electron chi connectivity index (χ4n) is 2.48. The van der Waals surface area contributed by atoms with Crippen LogP contribution in [0.25, 0.3) is 0 Å². The topological polar surface area (TPSA) is 74.1 Å². The third-order valence-corrected chi connectivity index (χ3v) is 3.69. The van der Waals surface area contributed by atoms with Gasteiger partial charge in [0.2, 0.25) is 5.91 Å². The largest absolute Gasteiger partial charge is 0.357 e. The van der Waals surface area contributed by atoms with Gasteiger partial charge in [0.1, 0.15) is 0 Å². The summed E-state index contributed by atoms with van der Waals surface area (Å²) in [6.45, 7) is 0. The summed E-state index contributed by atoms with van der Waals surface area (Å²) >= 11 is 0. The van der Waals surface area contributed by atoms with Crippen molar-refractivity contribution in [3.63, 3.8) is 0 Å². The average molecular weight is 250 g/mol. The molecule has 0 radical (unpaired) electrons. The minimum absolute atomic E-state index is 0.0349. The van der Waals surface area contributed by atoms with E-state index in [1.54, 1.807) is 20.3 Å². The van der Waals surface area contributed by atoms with Crippen LogP contribution in [0.1, 0.15) is 32.1 Å². The number of amides is 2. The molecule has 2 amide bonds. The molecule has 2 aliphatic heterocycles. The van der Waals surface area contributed by atoms with Crippen LogP contribution in [0.3, 0.4) is 0 Å². The minimum Gasteiger partial charge on any atom is -0.357 e. The predicted octanol–water partition coefficient (Wildman–Crippen LogP) is 0.334. The van der Waals surface area contributed by atoms with Crippen molar-refractivity contribution >= 4 is 23.7 Å². The van der Waals surface area contributed by atoms with E-state index in [9.17, 15) is 9.59 Å². The first-order valence-corrected chi connectivity index (χ1v) is 6.20. The monoisotopic (exact) mass is 250 g/mol. The van der Waals surface area contributed by atoms with E-state index in [2.05, 4.69) is 15.5 Å². The van der Waals surface area contributed by atoms with E-state index in [1.807, 2.05) is 0 Å². The Morgan fingerprint density at radius 3 is 2.89 bits per heavy atom. The molecule has 2 rings (SSSR count). The van der Waals surface area contributed by atoms with Crippen molar-refractivity contribution in [2.45, 2.75) is 37.6 Å². The quantitative estimate of drug-likeness (QED) is 0.717. The molecule has 1 atom stereocenters. The highest BCUT2D eigenvalue weighted by Crippen LogP contribution is 2.34. The molecular weight excluding hydrogens is 232 g/mol. The smallest absolute Gasteiger partial charge is 0.252 e. The fourth-order valence-corrected chi connectivity index (χ4v) is 2.48. The van der Waals surface area contributed by atoms with Crippen LogP contribution in [0.5, 0.6) is 0 Å². The average Bonchev–Trinajstić information content (AvgIpc) is 2.34. The van der Waals surface area contributed by atoms with Gasteiger partial charge < -0.3 is 10.2 Å². The van der Waals surface area contributed by atoms with E-state index in [0.29, 0.717) is 12.1 Å². The van der Waals surface area contributed by atoms with E-state index in [0.717, 1.165) is 19.3 Å². The van der Waals surface area contributed by atoms with Gasteiger partial charge in [-0.3, -0.25) is 9.59 Å². The van der Waals surface area contributed by atoms with Crippen LogP contribution in [0.2, 0.25) is 0 Å². The molecule has 0 aromatic carbocycles. The van der Waals surface area contributed by atoms with Gasteiger partial charge in [-0.05, 0) is 25.7 Å². The molecule has 0 spiro atoms. The number of rotatable bonds is 2. The molecule has 2 heterocycles. The second-order valence-electron chi connectivity index (χ2n) is 4.66. The molecule has 0 aromatic rings. The number of likely N-dealkylation sites (tertiary alicyclic amines) is 1. The van der Waals surface area contributed by atoms with Crippen molar-refractivity contribution in [3.8, 4) is 0 Å². The zero-order valence-corrected chi connectivity index (χ0v) is 10.8. The summed E-state index contributed by atoms with van der Waals surface area (Å²) in [5.41, 5.74) is -0.222. The van der Waals surface area contributed by atoms with Crippen LogP contribution in [-0.4, -0.2) is 48.3 Å². The molecule has 2 aliphatic rings. The first-order valence-electron chi connectivity index (χ1n) is 6.20. The van der Waals surface area contributed by atoms with Gasteiger partial charge in [-0.25, -0.2) is 0 Å². The number of hydrogen-bond donors (Lipinski definition) is 1. The molecule has 98 valence electrons. The third-order valence-electron chi connectivity index (χ3n) is 3.69. The van der Waals surface area contributed by atoms with Gasteiger partial charge in [0.25, 0.3) is 5.91 Å². The molecule has 1 saturated heterocycles. The van der Waals surface area contributed by atoms with Gasteiger partial charge >= 0.3 is 0 Å². The zero-order valence-electron chi connectivity index (χ0n) is 10.8. The summed E-state index contributed by atoms with van der Waals surface area (Å²) in [6, 6.07) is 0. The van der Waals surface area contributed by atoms with E-state index in [4.69, 9.17) is 0 Å². The lowest BCUT2D eigenvalue weighted by molar-refractivity contribution is -0.156. The molecule has 0 saturated carbocycles. The molecular formula is C12H18N4O2. The maximum Gasteiger partial charge on any atom is 0.252 e. The Morgan fingerprint density at radius 1 is 1.50 bits per heavy atom. The van der Waals surface area contributed by atoms with Crippen LogP contribution < -0.4 is 5.32 Å². The van der Waals surface area contributed by atoms with Crippen molar-refractivity contribution in [2.24, 2.45) is 10.2 Å². The number of nitrogens with zero attached hydrogens (tertiary/aromatic N) is 3. The van der Waals surface area contributed by atoms with Gasteiger partial charge in [0, 0.05) is 20.3 Å². The molecule has 0 aliphatic carbocycles. The second kappa shape index (κ2) is 4.88. The predicted molar refractivity (Wildman–Crippen MR) is 68.6 cm³/mol. The highest BCUT2D eigenvalue weighted by atomic mass is 16.2. The van der Waals surface area contributed by atoms with Crippen LogP contribution in [0.15, 0.2) is 10.2 Å². The summed E-state index contributed by atoms with van der Waals surface area (Å²) in [4.78, 5) is 25.1. The van der Waals surface area contributed by atoms with Crippen LogP contribution in [-0.2, 0) is 9.59 Å². The Morgan fingerprint density at radius 2 is 2.28 bits per heavy atom. The molecule has 1 N–H and O–H groups in total. The molecule has 6 heteroatoms. The number of carbonyl (C=O) groups excluding carboxylic acids is 2. The van der Waals surface area contributed by atoms with Gasteiger partial charge in [-0.2, -0.15) is 10.2 Å². The van der Waals surface area contributed by atoms with Crippen molar-refractivity contribution < 1.29 is 9.59 Å². The summed E-state index contributed by atoms with van der Waals surface area (Å²) in [5, 5.41) is 10.8. The Labute approximate surface area is 106 Å². The van der Waals surface area contributed by atoms with Gasteiger partial charge in [0.05, 0.1) is 12.1 Å². The van der Waals surface area contributed by atoms with E-state index < -0.39 is 5.54 Å². The third kappa shape index (κ3) is 1.81. The van der Waals surface area contributed by atoms with Crippen molar-refractivity contribution in [3.05, 3.63) is 0 Å². The number of β-lactam (4-membered cyclic amide) rings is 1. The van der Waals surface area contributed by atoms with E-state index in [-0.39, 0.29) is 18.2 Å². The molecule has 1 fully saturated rings. The Bertz CT molecular complexity index is 430. The van der Waals surface area contributed by atoms with E-state index in [1.165, 1.54) is 4.90 Å². The van der Waals surface area contributed by atoms with Gasteiger partial charge in [-0.1, -0.05) is 0 Å². The van der Waals surface area contributed by atoms with Crippen LogP contribution >= 0.6 is 0 Å². The summed E-state index contributed by atoms with van der Waals surface area (Å²) in [5.74, 6) is -0.216. The van der Waals surface area contributed by atoms with Gasteiger partial charge in [-0.15, -0.1) is 0 Å². The second-order valence-corrected chi connectivity index (χ2v) is 4.66. The molecule has 1 unspecified atom stereocenters. The molecule has 6 nitrogen and oxygen atoms in total. The highest BCUT2D eigenvalue weighted by Gasteiger charge is 2.57. The SMILES string of the molecule is CNC(=O)C1(C2=N/N=C/CCCC2)CC(=O)N1C. The summed E-state index contributed by atoms with van der Waals surface area (Å²) in [6.07, 6.45) is 5.57. The fraction of sp³-hybridized carbons (Fsp3) is 0.667. The number of nitrogens with one attached hydrogen (secondary N) is 1. The maximum atomic E-state index is 12.1. The lowest BCUT2D eigenvalue weighted by atomic mass is 9.77. The Balaban J connectivity index is 2.35. The minimum atomic E-state index is -0.916. The highest BCUT2D eigenvalue weighted by molar-refractivity contribution is 6.21. The molecule has 0 aromatic heterocycles. The number of likely N-dealkylation sites (N-methyl/N-ethyl adjacent to an activating group) is 2. The summed E-state index contributed by atoms with van der Waals surface area (Å²) in [7, 11) is 3.22. The van der Waals surface area contributed by atoms with Crippen molar-refractivity contribution in [1.82, 2.24) is 10.2 Å². The number of carbonyl (C=O) groups is 2. The standard InChI is InChI=1S/C12H18N4O2/c1-13-11(18)12(8-10(17)16(12)2)9-6-4-3-5-7-14-15-9/h7H,3-6,8H2,1-2H3,(H,13,18)/b14-7+,15-9?. The lowest BCUT2D eigenvalue weighted by Crippen LogP contribution is -2.72. The Hall–Kier alpha value is -1.72. The molecule has 0 bridgehead atoms. The maximum absolute atomic E-state index is 12.1. The lowest BCUT2D eigenvalue weighted by Gasteiger charge is -2.48. The molecule has 18 heavy (non-hydrogen) atoms. The normalized spacial score (nSPS) is 29.8. The summed E-state index contributed by atoms with van der Waals surface area (Å²) < 4.78 is 0. The van der Waals surface area contributed by atoms with Crippen molar-refractivity contribution in [2.75, 3.05) is 14.1 Å². The van der Waals surface area contributed by atoms with Crippen LogP contribution in [0, 0.1) is 0 Å². The van der Waals surface area contributed by atoms with Crippen molar-refractivity contribution in [1.29, 1.82) is 0 Å². The number of hydrogen-bond acceptors (Lipinski definition) is 4. The van der Waals surface area contributed by atoms with Gasteiger partial charge in [0.15, 0.2) is 5.54 Å². The van der Waals surface area contributed by atoms with E-state index >= 15 is 0 Å². The van der Waals surface area contributed by atoms with Crippen LogP contribution in [0.4, 0.5) is 0 Å². The Kier molecular flexibility index (Phi) is 3.45. The first kappa shape index (κ1) is 12.7. The zero-order chi connectivity index (χ0) is 13.2.